The molecule has 24 heavy (non-hydrogen) atoms. The lowest BCUT2D eigenvalue weighted by molar-refractivity contribution is -0.136. The number of allylic oxidation sites excluding steroid dienone is 2. The van der Waals surface area contributed by atoms with Crippen LogP contribution < -0.4 is 0 Å². The van der Waals surface area contributed by atoms with Gasteiger partial charge in [0.25, 0.3) is 0 Å². The smallest absolute Gasteiger partial charge is 0.249 e. The van der Waals surface area contributed by atoms with Gasteiger partial charge in [-0.1, -0.05) is 24.3 Å². The summed E-state index contributed by atoms with van der Waals surface area (Å²) in [5, 5.41) is 0. The molecule has 0 aromatic carbocycles. The van der Waals surface area contributed by atoms with Gasteiger partial charge < -0.3 is 14.4 Å². The van der Waals surface area contributed by atoms with Crippen molar-refractivity contribution in [3.05, 3.63) is 50.6 Å². The van der Waals surface area contributed by atoms with Gasteiger partial charge in [-0.2, -0.15) is 0 Å². The first-order valence-electron chi connectivity index (χ1n) is 8.00. The van der Waals surface area contributed by atoms with Crippen LogP contribution in [0.15, 0.2) is 50.6 Å². The molecule has 134 valence electrons. The Hall–Kier alpha value is -1.98. The third-order valence-electron chi connectivity index (χ3n) is 3.25. The Kier molecular flexibility index (Phi) is 13.4. The van der Waals surface area contributed by atoms with Crippen LogP contribution in [0, 0.1) is 5.92 Å². The number of nitrogens with zero attached hydrogens (tertiary/aromatic N) is 1. The van der Waals surface area contributed by atoms with Crippen LogP contribution in [0.5, 0.6) is 0 Å². The van der Waals surface area contributed by atoms with Crippen LogP contribution in [-0.4, -0.2) is 56.1 Å². The predicted octanol–water partition coefficient (Wildman–Crippen LogP) is 2.56. The van der Waals surface area contributed by atoms with E-state index < -0.39 is 0 Å². The highest BCUT2D eigenvalue weighted by Crippen LogP contribution is 2.11. The molecule has 5 heteroatoms. The van der Waals surface area contributed by atoms with Crippen molar-refractivity contribution in [1.82, 2.24) is 4.90 Å². The number of rotatable bonds is 16. The minimum absolute atomic E-state index is 0.0222. The number of ether oxygens (including phenoxy) is 2. The van der Waals surface area contributed by atoms with Crippen LogP contribution in [0.2, 0.25) is 0 Å². The molecule has 0 heterocycles. The fraction of sp³-hybridized carbons (Fsp3) is 0.474. The summed E-state index contributed by atoms with van der Waals surface area (Å²) in [6, 6.07) is 0. The summed E-state index contributed by atoms with van der Waals surface area (Å²) in [4.78, 5) is 25.4. The third-order valence-corrected chi connectivity index (χ3v) is 3.25. The van der Waals surface area contributed by atoms with E-state index in [1.807, 2.05) is 0 Å². The summed E-state index contributed by atoms with van der Waals surface area (Å²) < 4.78 is 10.6. The van der Waals surface area contributed by atoms with Crippen molar-refractivity contribution in [3.8, 4) is 0 Å². The van der Waals surface area contributed by atoms with Gasteiger partial charge in [0.1, 0.15) is 13.2 Å². The van der Waals surface area contributed by atoms with Crippen molar-refractivity contribution >= 4 is 11.7 Å². The number of amides is 1. The van der Waals surface area contributed by atoms with Crippen LogP contribution >= 0.6 is 0 Å². The molecule has 0 fully saturated rings. The third kappa shape index (κ3) is 9.92. The zero-order valence-electron chi connectivity index (χ0n) is 14.5. The largest absolute Gasteiger partial charge is 0.371 e. The van der Waals surface area contributed by atoms with E-state index in [4.69, 9.17) is 9.47 Å². The summed E-state index contributed by atoms with van der Waals surface area (Å²) in [6.07, 6.45) is 7.97. The summed E-state index contributed by atoms with van der Waals surface area (Å²) >= 11 is 0. The van der Waals surface area contributed by atoms with Gasteiger partial charge in [-0.15, -0.1) is 26.3 Å². The molecular weight excluding hydrogens is 306 g/mol. The molecular formula is C19H29NO4. The Morgan fingerprint density at radius 3 is 1.79 bits per heavy atom. The molecule has 0 rings (SSSR count). The van der Waals surface area contributed by atoms with Gasteiger partial charge in [-0.3, -0.25) is 9.59 Å². The van der Waals surface area contributed by atoms with Crippen LogP contribution in [0.4, 0.5) is 0 Å². The molecule has 0 aliphatic carbocycles. The van der Waals surface area contributed by atoms with Crippen molar-refractivity contribution in [2.24, 2.45) is 5.92 Å². The maximum Gasteiger partial charge on any atom is 0.249 e. The lowest BCUT2D eigenvalue weighted by atomic mass is 9.97. The van der Waals surface area contributed by atoms with Crippen molar-refractivity contribution < 1.29 is 19.1 Å². The SMILES string of the molecule is C=CCC(CC=C)C(=O)COCCOCC(=O)N(CC=C)CC=C. The Bertz CT molecular complexity index is 371. The quantitative estimate of drug-likeness (QED) is 0.321. The van der Waals surface area contributed by atoms with E-state index in [9.17, 15) is 9.59 Å². The highest BCUT2D eigenvalue weighted by molar-refractivity contribution is 5.82. The van der Waals surface area contributed by atoms with Gasteiger partial charge in [-0.25, -0.2) is 0 Å². The fourth-order valence-corrected chi connectivity index (χ4v) is 2.01. The van der Waals surface area contributed by atoms with Crippen molar-refractivity contribution in [2.45, 2.75) is 12.8 Å². The Morgan fingerprint density at radius 1 is 0.833 bits per heavy atom. The number of carbonyl (C=O) groups excluding carboxylic acids is 2. The molecule has 0 unspecified atom stereocenters. The average Bonchev–Trinajstić information content (AvgIpc) is 2.57. The summed E-state index contributed by atoms with van der Waals surface area (Å²) in [5.74, 6) is -0.245. The van der Waals surface area contributed by atoms with E-state index in [1.54, 1.807) is 29.2 Å². The van der Waals surface area contributed by atoms with E-state index in [-0.39, 0.29) is 44.0 Å². The molecule has 0 aromatic rings. The highest BCUT2D eigenvalue weighted by Gasteiger charge is 2.15. The second-order valence-corrected chi connectivity index (χ2v) is 5.19. The summed E-state index contributed by atoms with van der Waals surface area (Å²) in [5.41, 5.74) is 0. The number of ketones is 1. The van der Waals surface area contributed by atoms with Crippen LogP contribution in [0.1, 0.15) is 12.8 Å². The Labute approximate surface area is 145 Å². The molecule has 1 amide bonds. The Balaban J connectivity index is 3.92. The van der Waals surface area contributed by atoms with Crippen LogP contribution in [0.3, 0.4) is 0 Å². The van der Waals surface area contributed by atoms with Gasteiger partial charge in [0.2, 0.25) is 5.91 Å². The second-order valence-electron chi connectivity index (χ2n) is 5.19. The first-order valence-corrected chi connectivity index (χ1v) is 8.00. The minimum Gasteiger partial charge on any atom is -0.371 e. The molecule has 0 saturated carbocycles. The predicted molar refractivity (Wildman–Crippen MR) is 96.7 cm³/mol. The van der Waals surface area contributed by atoms with Gasteiger partial charge in [0.15, 0.2) is 5.78 Å². The summed E-state index contributed by atoms with van der Waals surface area (Å²) in [7, 11) is 0. The minimum atomic E-state index is -0.136. The molecule has 5 nitrogen and oxygen atoms in total. The van der Waals surface area contributed by atoms with Gasteiger partial charge >= 0.3 is 0 Å². The van der Waals surface area contributed by atoms with Crippen LogP contribution in [0.25, 0.3) is 0 Å². The fourth-order valence-electron chi connectivity index (χ4n) is 2.01. The molecule has 0 radical (unpaired) electrons. The van der Waals surface area contributed by atoms with Crippen molar-refractivity contribution in [3.63, 3.8) is 0 Å². The van der Waals surface area contributed by atoms with E-state index in [0.717, 1.165) is 0 Å². The normalized spacial score (nSPS) is 10.2. The second kappa shape index (κ2) is 14.6. The van der Waals surface area contributed by atoms with E-state index in [0.29, 0.717) is 25.9 Å². The molecule has 0 atom stereocenters. The first-order chi connectivity index (χ1) is 11.6. The zero-order chi connectivity index (χ0) is 18.2. The molecule has 0 N–H and O–H groups in total. The van der Waals surface area contributed by atoms with E-state index in [1.165, 1.54) is 0 Å². The first kappa shape index (κ1) is 22.0. The highest BCUT2D eigenvalue weighted by atomic mass is 16.5. The molecule has 0 aromatic heterocycles. The topological polar surface area (TPSA) is 55.8 Å². The lowest BCUT2D eigenvalue weighted by Gasteiger charge is -2.19. The maximum atomic E-state index is 12.0. The molecule has 0 spiro atoms. The summed E-state index contributed by atoms with van der Waals surface area (Å²) in [6.45, 7) is 15.9. The lowest BCUT2D eigenvalue weighted by Crippen LogP contribution is -2.34. The standard InChI is InChI=1S/C19H29NO4/c1-5-9-17(10-6-2)18(21)15-23-13-14-24-16-19(22)20(11-7-3)12-8-4/h5-8,17H,1-4,9-16H2. The van der Waals surface area contributed by atoms with Crippen molar-refractivity contribution in [2.75, 3.05) is 39.5 Å². The molecule has 0 aliphatic rings. The Morgan fingerprint density at radius 2 is 1.33 bits per heavy atom. The van der Waals surface area contributed by atoms with Crippen molar-refractivity contribution in [1.29, 1.82) is 0 Å². The van der Waals surface area contributed by atoms with Gasteiger partial charge in [0, 0.05) is 19.0 Å². The van der Waals surface area contributed by atoms with Gasteiger partial charge in [0.05, 0.1) is 13.2 Å². The molecule has 0 aliphatic heterocycles. The molecule has 0 saturated heterocycles. The number of hydrogen-bond donors (Lipinski definition) is 0. The number of Topliss-reactive ketones (excluding diaryl/α,β-unsaturated/α-hetero) is 1. The van der Waals surface area contributed by atoms with Crippen LogP contribution in [-0.2, 0) is 19.1 Å². The van der Waals surface area contributed by atoms with Gasteiger partial charge in [-0.05, 0) is 12.8 Å². The van der Waals surface area contributed by atoms with E-state index in [2.05, 4.69) is 26.3 Å². The molecule has 0 bridgehead atoms. The number of hydrogen-bond acceptors (Lipinski definition) is 4. The number of carbonyl (C=O) groups is 2. The maximum absolute atomic E-state index is 12.0. The monoisotopic (exact) mass is 335 g/mol. The average molecular weight is 335 g/mol. The van der Waals surface area contributed by atoms with E-state index >= 15 is 0 Å². The zero-order valence-corrected chi connectivity index (χ0v) is 14.5.